The smallest absolute Gasteiger partial charge is 0.220 e. The Kier molecular flexibility index (Phi) is 7.35. The van der Waals surface area contributed by atoms with Crippen molar-refractivity contribution in [2.45, 2.75) is 70.3 Å². The molecule has 150 valence electrons. The predicted octanol–water partition coefficient (Wildman–Crippen LogP) is 2.29. The molecule has 3 fully saturated rings. The van der Waals surface area contributed by atoms with Crippen LogP contribution in [0.2, 0.25) is 0 Å². The fourth-order valence-corrected chi connectivity index (χ4v) is 6.18. The van der Waals surface area contributed by atoms with Crippen LogP contribution in [0.15, 0.2) is 0 Å². The van der Waals surface area contributed by atoms with E-state index in [2.05, 4.69) is 5.32 Å². The van der Waals surface area contributed by atoms with Gasteiger partial charge in [-0.3, -0.25) is 4.79 Å². The Morgan fingerprint density at radius 2 is 1.62 bits per heavy atom. The number of hydrogen-bond acceptors (Lipinski definition) is 4. The minimum absolute atomic E-state index is 0.130. The zero-order chi connectivity index (χ0) is 18.4. The maximum atomic E-state index is 12.6. The second kappa shape index (κ2) is 9.51. The molecule has 2 saturated heterocycles. The Balaban J connectivity index is 1.37. The van der Waals surface area contributed by atoms with Gasteiger partial charge < -0.3 is 10.1 Å². The highest BCUT2D eigenvalue weighted by atomic mass is 32.2. The summed E-state index contributed by atoms with van der Waals surface area (Å²) >= 11 is 0. The van der Waals surface area contributed by atoms with Crippen LogP contribution in [0.5, 0.6) is 0 Å². The van der Waals surface area contributed by atoms with Gasteiger partial charge in [0, 0.05) is 38.8 Å². The summed E-state index contributed by atoms with van der Waals surface area (Å²) in [6, 6.07) is 0.130. The van der Waals surface area contributed by atoms with E-state index >= 15 is 0 Å². The van der Waals surface area contributed by atoms with Gasteiger partial charge in [-0.2, -0.15) is 0 Å². The van der Waals surface area contributed by atoms with E-state index in [1.54, 1.807) is 4.31 Å². The van der Waals surface area contributed by atoms with Crippen molar-refractivity contribution in [1.82, 2.24) is 9.62 Å². The Bertz CT molecular complexity index is 546. The Morgan fingerprint density at radius 3 is 2.27 bits per heavy atom. The van der Waals surface area contributed by atoms with Crippen LogP contribution in [0.1, 0.15) is 64.2 Å². The van der Waals surface area contributed by atoms with Crippen molar-refractivity contribution in [2.24, 2.45) is 11.8 Å². The molecule has 2 aliphatic heterocycles. The lowest BCUT2D eigenvalue weighted by Gasteiger charge is -2.32. The number of carbonyl (C=O) groups is 1. The van der Waals surface area contributed by atoms with E-state index < -0.39 is 10.0 Å². The van der Waals surface area contributed by atoms with Crippen LogP contribution in [0.3, 0.4) is 0 Å². The molecule has 3 aliphatic rings. The molecule has 6 nitrogen and oxygen atoms in total. The van der Waals surface area contributed by atoms with Crippen LogP contribution in [0.4, 0.5) is 0 Å². The second-order valence-corrected chi connectivity index (χ2v) is 10.3. The lowest BCUT2D eigenvalue weighted by Crippen LogP contribution is -2.47. The largest absolute Gasteiger partial charge is 0.381 e. The molecule has 0 bridgehead atoms. The SMILES string of the molecule is O=C(CC1CCCC1)NC1CCN(S(=O)(=O)CCC2CCOCC2)CC1. The summed E-state index contributed by atoms with van der Waals surface area (Å²) in [6.07, 6.45) is 9.65. The molecule has 1 amide bonds. The quantitative estimate of drug-likeness (QED) is 0.728. The van der Waals surface area contributed by atoms with Crippen LogP contribution in [-0.4, -0.2) is 56.7 Å². The maximum Gasteiger partial charge on any atom is 0.220 e. The van der Waals surface area contributed by atoms with Crippen LogP contribution < -0.4 is 5.32 Å². The molecule has 0 radical (unpaired) electrons. The van der Waals surface area contributed by atoms with E-state index in [-0.39, 0.29) is 17.7 Å². The van der Waals surface area contributed by atoms with Crippen molar-refractivity contribution in [3.63, 3.8) is 0 Å². The van der Waals surface area contributed by atoms with Gasteiger partial charge in [0.15, 0.2) is 0 Å². The summed E-state index contributed by atoms with van der Waals surface area (Å²) in [5, 5.41) is 3.13. The van der Waals surface area contributed by atoms with Crippen LogP contribution in [0, 0.1) is 11.8 Å². The summed E-state index contributed by atoms with van der Waals surface area (Å²) < 4.78 is 32.2. The van der Waals surface area contributed by atoms with E-state index in [9.17, 15) is 13.2 Å². The van der Waals surface area contributed by atoms with Crippen molar-refractivity contribution in [1.29, 1.82) is 0 Å². The highest BCUT2D eigenvalue weighted by Gasteiger charge is 2.30. The number of hydrogen-bond donors (Lipinski definition) is 1. The van der Waals surface area contributed by atoms with Gasteiger partial charge >= 0.3 is 0 Å². The van der Waals surface area contributed by atoms with E-state index in [0.717, 1.165) is 45.3 Å². The fraction of sp³-hybridized carbons (Fsp3) is 0.947. The van der Waals surface area contributed by atoms with Crippen LogP contribution in [-0.2, 0) is 19.6 Å². The van der Waals surface area contributed by atoms with Gasteiger partial charge in [-0.1, -0.05) is 12.8 Å². The normalized spacial score (nSPS) is 24.8. The summed E-state index contributed by atoms with van der Waals surface area (Å²) in [6.45, 7) is 2.59. The first kappa shape index (κ1) is 20.1. The zero-order valence-electron chi connectivity index (χ0n) is 15.8. The van der Waals surface area contributed by atoms with Crippen molar-refractivity contribution in [3.05, 3.63) is 0 Å². The third kappa shape index (κ3) is 5.92. The van der Waals surface area contributed by atoms with E-state index in [4.69, 9.17) is 4.74 Å². The number of rotatable bonds is 7. The predicted molar refractivity (Wildman–Crippen MR) is 101 cm³/mol. The third-order valence-electron chi connectivity index (χ3n) is 6.29. The molecule has 0 aromatic heterocycles. The first-order valence-electron chi connectivity index (χ1n) is 10.4. The fourth-order valence-electron chi connectivity index (χ4n) is 4.52. The molecule has 26 heavy (non-hydrogen) atoms. The maximum absolute atomic E-state index is 12.6. The average Bonchev–Trinajstić information content (AvgIpc) is 3.14. The van der Waals surface area contributed by atoms with Gasteiger partial charge in [0.25, 0.3) is 0 Å². The average molecular weight is 387 g/mol. The number of nitrogens with zero attached hydrogens (tertiary/aromatic N) is 1. The summed E-state index contributed by atoms with van der Waals surface area (Å²) in [5.41, 5.74) is 0. The highest BCUT2D eigenvalue weighted by Crippen LogP contribution is 2.27. The summed E-state index contributed by atoms with van der Waals surface area (Å²) in [7, 11) is -3.17. The minimum Gasteiger partial charge on any atom is -0.381 e. The molecule has 7 heteroatoms. The molecule has 0 aromatic rings. The van der Waals surface area contributed by atoms with Crippen molar-refractivity contribution < 1.29 is 17.9 Å². The van der Waals surface area contributed by atoms with E-state index in [1.165, 1.54) is 25.7 Å². The van der Waals surface area contributed by atoms with E-state index in [0.29, 0.717) is 31.3 Å². The Labute approximate surface area is 158 Å². The van der Waals surface area contributed by atoms with Crippen LogP contribution in [0.25, 0.3) is 0 Å². The van der Waals surface area contributed by atoms with Gasteiger partial charge in [0.2, 0.25) is 15.9 Å². The monoisotopic (exact) mass is 386 g/mol. The molecular formula is C19H34N2O4S. The molecule has 0 unspecified atom stereocenters. The molecule has 3 rings (SSSR count). The molecule has 1 aliphatic carbocycles. The van der Waals surface area contributed by atoms with E-state index in [1.807, 2.05) is 0 Å². The lowest BCUT2D eigenvalue weighted by molar-refractivity contribution is -0.122. The summed E-state index contributed by atoms with van der Waals surface area (Å²) in [5.74, 6) is 1.43. The molecule has 1 saturated carbocycles. The molecular weight excluding hydrogens is 352 g/mol. The topological polar surface area (TPSA) is 75.7 Å². The van der Waals surface area contributed by atoms with Crippen LogP contribution >= 0.6 is 0 Å². The molecule has 1 N–H and O–H groups in total. The number of piperidine rings is 1. The summed E-state index contributed by atoms with van der Waals surface area (Å²) in [4.78, 5) is 12.2. The number of sulfonamides is 1. The van der Waals surface area contributed by atoms with Crippen molar-refractivity contribution >= 4 is 15.9 Å². The number of ether oxygens (including phenoxy) is 1. The first-order chi connectivity index (χ1) is 12.5. The zero-order valence-corrected chi connectivity index (χ0v) is 16.6. The molecule has 2 heterocycles. The number of amides is 1. The van der Waals surface area contributed by atoms with Gasteiger partial charge in [0.05, 0.1) is 5.75 Å². The Hall–Kier alpha value is -0.660. The standard InChI is InChI=1S/C19H34N2O4S/c22-19(15-17-3-1-2-4-17)20-18-5-10-21(11-6-18)26(23,24)14-9-16-7-12-25-13-8-16/h16-18H,1-15H2,(H,20,22). The van der Waals surface area contributed by atoms with Gasteiger partial charge in [-0.15, -0.1) is 0 Å². The number of nitrogens with one attached hydrogen (secondary N) is 1. The van der Waals surface area contributed by atoms with Gasteiger partial charge in [-0.05, 0) is 56.8 Å². The Morgan fingerprint density at radius 1 is 0.962 bits per heavy atom. The number of carbonyl (C=O) groups excluding carboxylic acids is 1. The second-order valence-electron chi connectivity index (χ2n) is 8.26. The third-order valence-corrected chi connectivity index (χ3v) is 8.19. The van der Waals surface area contributed by atoms with Gasteiger partial charge in [0.1, 0.15) is 0 Å². The first-order valence-corrected chi connectivity index (χ1v) is 12.0. The van der Waals surface area contributed by atoms with Gasteiger partial charge in [-0.25, -0.2) is 12.7 Å². The molecule has 0 atom stereocenters. The lowest BCUT2D eigenvalue weighted by atomic mass is 9.98. The molecule has 0 spiro atoms. The van der Waals surface area contributed by atoms with Crippen molar-refractivity contribution in [2.75, 3.05) is 32.1 Å². The van der Waals surface area contributed by atoms with Crippen molar-refractivity contribution in [3.8, 4) is 0 Å². The highest BCUT2D eigenvalue weighted by molar-refractivity contribution is 7.89. The molecule has 0 aromatic carbocycles. The minimum atomic E-state index is -3.17.